The van der Waals surface area contributed by atoms with Gasteiger partial charge in [-0.05, 0) is 24.6 Å². The highest BCUT2D eigenvalue weighted by Gasteiger charge is 2.14. The number of aromatic nitrogens is 1. The number of rotatable bonds is 6. The lowest BCUT2D eigenvalue weighted by Crippen LogP contribution is -1.99. The molecular formula is C15H15NO4. The van der Waals surface area contributed by atoms with Crippen LogP contribution in [-0.4, -0.2) is 28.4 Å². The van der Waals surface area contributed by atoms with Crippen LogP contribution in [0.15, 0.2) is 36.5 Å². The Labute approximate surface area is 115 Å². The van der Waals surface area contributed by atoms with E-state index in [9.17, 15) is 9.59 Å². The number of allylic oxidation sites excluding steroid dienone is 1. The number of nitrogens with one attached hydrogen (secondary N) is 1. The summed E-state index contributed by atoms with van der Waals surface area (Å²) in [4.78, 5) is 25.5. The fourth-order valence-corrected chi connectivity index (χ4v) is 1.91. The van der Waals surface area contributed by atoms with Crippen LogP contribution in [0.3, 0.4) is 0 Å². The maximum absolute atomic E-state index is 12.0. The molecule has 5 nitrogen and oxygen atoms in total. The van der Waals surface area contributed by atoms with Crippen LogP contribution in [0.4, 0.5) is 0 Å². The van der Waals surface area contributed by atoms with Crippen molar-refractivity contribution in [2.45, 2.75) is 13.3 Å². The number of H-pyrrole nitrogens is 1. The SMILES string of the molecule is CCCOc1cccc2[nH]cc(C(=O)/C=C/C(=O)O)c12. The van der Waals surface area contributed by atoms with E-state index in [0.717, 1.165) is 24.1 Å². The number of aromatic amines is 1. The van der Waals surface area contributed by atoms with Crippen molar-refractivity contribution >= 4 is 22.7 Å². The molecule has 1 heterocycles. The number of carboxylic acid groups (broad SMARTS) is 1. The van der Waals surface area contributed by atoms with Crippen molar-refractivity contribution in [2.24, 2.45) is 0 Å². The molecule has 0 fully saturated rings. The van der Waals surface area contributed by atoms with Crippen molar-refractivity contribution in [2.75, 3.05) is 6.61 Å². The molecule has 0 saturated carbocycles. The molecule has 0 aliphatic carbocycles. The normalized spacial score (nSPS) is 11.1. The van der Waals surface area contributed by atoms with Gasteiger partial charge >= 0.3 is 5.97 Å². The molecule has 2 rings (SSSR count). The Morgan fingerprint density at radius 1 is 1.35 bits per heavy atom. The number of benzene rings is 1. The highest BCUT2D eigenvalue weighted by atomic mass is 16.5. The Balaban J connectivity index is 2.43. The average Bonchev–Trinajstić information content (AvgIpc) is 2.87. The number of hydrogen-bond acceptors (Lipinski definition) is 3. The summed E-state index contributed by atoms with van der Waals surface area (Å²) in [6.07, 6.45) is 4.30. The van der Waals surface area contributed by atoms with E-state index in [4.69, 9.17) is 9.84 Å². The zero-order valence-electron chi connectivity index (χ0n) is 11.1. The number of ketones is 1. The van der Waals surface area contributed by atoms with Gasteiger partial charge in [0.25, 0.3) is 0 Å². The second-order valence-electron chi connectivity index (χ2n) is 4.27. The predicted octanol–water partition coefficient (Wildman–Crippen LogP) is 2.78. The van der Waals surface area contributed by atoms with Crippen molar-refractivity contribution in [3.8, 4) is 5.75 Å². The number of carbonyl (C=O) groups is 2. The molecule has 0 radical (unpaired) electrons. The largest absolute Gasteiger partial charge is 0.493 e. The predicted molar refractivity (Wildman–Crippen MR) is 75.2 cm³/mol. The standard InChI is InChI=1S/C15H15NO4/c1-2-8-20-13-5-3-4-11-15(13)10(9-16-11)12(17)6-7-14(18)19/h3-7,9,16H,2,8H2,1H3,(H,18,19)/b7-6+. The monoisotopic (exact) mass is 273 g/mol. The Bertz CT molecular complexity index is 670. The quantitative estimate of drug-likeness (QED) is 0.626. The Hall–Kier alpha value is -2.56. The Kier molecular flexibility index (Phi) is 4.20. The molecule has 2 aromatic rings. The molecule has 0 bridgehead atoms. The van der Waals surface area contributed by atoms with Crippen molar-refractivity contribution in [1.29, 1.82) is 0 Å². The first-order valence-electron chi connectivity index (χ1n) is 6.31. The van der Waals surface area contributed by atoms with Gasteiger partial charge in [-0.15, -0.1) is 0 Å². The molecule has 1 aromatic carbocycles. The molecule has 2 N–H and O–H groups in total. The molecule has 5 heteroatoms. The third-order valence-corrected chi connectivity index (χ3v) is 2.77. The number of ether oxygens (including phenoxy) is 1. The van der Waals surface area contributed by atoms with Crippen LogP contribution in [0.25, 0.3) is 10.9 Å². The van der Waals surface area contributed by atoms with E-state index in [1.54, 1.807) is 12.3 Å². The first kappa shape index (κ1) is 13.9. The van der Waals surface area contributed by atoms with Gasteiger partial charge in [-0.2, -0.15) is 0 Å². The van der Waals surface area contributed by atoms with Gasteiger partial charge < -0.3 is 14.8 Å². The van der Waals surface area contributed by atoms with Crippen LogP contribution < -0.4 is 4.74 Å². The van der Waals surface area contributed by atoms with Crippen molar-refractivity contribution in [3.05, 3.63) is 42.1 Å². The summed E-state index contributed by atoms with van der Waals surface area (Å²) in [5.41, 5.74) is 1.19. The third kappa shape index (κ3) is 2.88. The lowest BCUT2D eigenvalue weighted by molar-refractivity contribution is -0.131. The van der Waals surface area contributed by atoms with E-state index in [0.29, 0.717) is 23.3 Å². The number of fused-ring (bicyclic) bond motifs is 1. The van der Waals surface area contributed by atoms with Crippen molar-refractivity contribution in [1.82, 2.24) is 4.98 Å². The lowest BCUT2D eigenvalue weighted by atomic mass is 10.1. The second kappa shape index (κ2) is 6.06. The van der Waals surface area contributed by atoms with Crippen LogP contribution >= 0.6 is 0 Å². The second-order valence-corrected chi connectivity index (χ2v) is 4.27. The Morgan fingerprint density at radius 3 is 2.85 bits per heavy atom. The number of carboxylic acids is 1. The summed E-state index contributed by atoms with van der Waals surface area (Å²) in [5.74, 6) is -0.899. The van der Waals surface area contributed by atoms with Gasteiger partial charge in [0.15, 0.2) is 5.78 Å². The molecule has 104 valence electrons. The summed E-state index contributed by atoms with van der Waals surface area (Å²) in [6, 6.07) is 5.47. The fraction of sp³-hybridized carbons (Fsp3) is 0.200. The minimum absolute atomic E-state index is 0.369. The van der Waals surface area contributed by atoms with Gasteiger partial charge in [0.1, 0.15) is 5.75 Å². The van der Waals surface area contributed by atoms with E-state index in [1.165, 1.54) is 0 Å². The van der Waals surface area contributed by atoms with Gasteiger partial charge in [0.05, 0.1) is 17.6 Å². The zero-order chi connectivity index (χ0) is 14.5. The van der Waals surface area contributed by atoms with Crippen molar-refractivity contribution in [3.63, 3.8) is 0 Å². The fourth-order valence-electron chi connectivity index (χ4n) is 1.91. The first-order valence-corrected chi connectivity index (χ1v) is 6.31. The summed E-state index contributed by atoms with van der Waals surface area (Å²) in [6.45, 7) is 2.56. The summed E-state index contributed by atoms with van der Waals surface area (Å²) < 4.78 is 5.63. The first-order chi connectivity index (χ1) is 9.63. The van der Waals surface area contributed by atoms with Gasteiger partial charge in [0.2, 0.25) is 0 Å². The third-order valence-electron chi connectivity index (χ3n) is 2.77. The van der Waals surface area contributed by atoms with Crippen LogP contribution in [0.1, 0.15) is 23.7 Å². The van der Waals surface area contributed by atoms with E-state index < -0.39 is 5.97 Å². The smallest absolute Gasteiger partial charge is 0.328 e. The molecule has 0 saturated heterocycles. The Morgan fingerprint density at radius 2 is 2.15 bits per heavy atom. The van der Waals surface area contributed by atoms with Gasteiger partial charge in [-0.25, -0.2) is 4.79 Å². The van der Waals surface area contributed by atoms with Crippen LogP contribution in [0.5, 0.6) is 5.75 Å². The minimum Gasteiger partial charge on any atom is -0.493 e. The maximum atomic E-state index is 12.0. The molecule has 0 amide bonds. The summed E-state index contributed by atoms with van der Waals surface area (Å²) >= 11 is 0. The highest BCUT2D eigenvalue weighted by molar-refractivity contribution is 6.15. The topological polar surface area (TPSA) is 79.4 Å². The van der Waals surface area contributed by atoms with Crippen LogP contribution in [0, 0.1) is 0 Å². The zero-order valence-corrected chi connectivity index (χ0v) is 11.1. The van der Waals surface area contributed by atoms with E-state index >= 15 is 0 Å². The maximum Gasteiger partial charge on any atom is 0.328 e. The van der Waals surface area contributed by atoms with Crippen molar-refractivity contribution < 1.29 is 19.4 Å². The van der Waals surface area contributed by atoms with Gasteiger partial charge in [0, 0.05) is 17.8 Å². The van der Waals surface area contributed by atoms with Crippen LogP contribution in [-0.2, 0) is 4.79 Å². The molecule has 0 unspecified atom stereocenters. The number of carbonyl (C=O) groups excluding carboxylic acids is 1. The summed E-state index contributed by atoms with van der Waals surface area (Å²) in [7, 11) is 0. The lowest BCUT2D eigenvalue weighted by Gasteiger charge is -2.06. The average molecular weight is 273 g/mol. The molecule has 20 heavy (non-hydrogen) atoms. The number of hydrogen-bond donors (Lipinski definition) is 2. The molecular weight excluding hydrogens is 258 g/mol. The molecule has 0 aliphatic rings. The molecule has 0 aliphatic heterocycles. The van der Waals surface area contributed by atoms with Gasteiger partial charge in [-0.3, -0.25) is 4.79 Å². The van der Waals surface area contributed by atoms with Gasteiger partial charge in [-0.1, -0.05) is 13.0 Å². The van der Waals surface area contributed by atoms with E-state index in [2.05, 4.69) is 4.98 Å². The minimum atomic E-state index is -1.15. The molecule has 1 aromatic heterocycles. The van der Waals surface area contributed by atoms with E-state index in [1.807, 2.05) is 19.1 Å². The molecule has 0 spiro atoms. The highest BCUT2D eigenvalue weighted by Crippen LogP contribution is 2.29. The summed E-state index contributed by atoms with van der Waals surface area (Å²) in [5, 5.41) is 9.25. The molecule has 0 atom stereocenters. The van der Waals surface area contributed by atoms with E-state index in [-0.39, 0.29) is 5.78 Å². The number of aliphatic carboxylic acids is 1. The van der Waals surface area contributed by atoms with Crippen LogP contribution in [0.2, 0.25) is 0 Å².